The van der Waals surface area contributed by atoms with Gasteiger partial charge in [-0.25, -0.2) is 0 Å². The molecule has 1 aromatic carbocycles. The first-order chi connectivity index (χ1) is 13.7. The van der Waals surface area contributed by atoms with E-state index in [1.165, 1.54) is 5.56 Å². The predicted octanol–water partition coefficient (Wildman–Crippen LogP) is 4.10. The monoisotopic (exact) mass is 383 g/mol. The van der Waals surface area contributed by atoms with Crippen LogP contribution >= 0.6 is 0 Å². The molecule has 2 aromatic rings. The van der Waals surface area contributed by atoms with E-state index in [9.17, 15) is 0 Å². The fourth-order valence-electron chi connectivity index (χ4n) is 3.36. The molecule has 28 heavy (non-hydrogen) atoms. The highest BCUT2D eigenvalue weighted by Crippen LogP contribution is 2.18. The van der Waals surface area contributed by atoms with Gasteiger partial charge in [0.1, 0.15) is 5.76 Å². The topological polar surface area (TPSA) is 50.0 Å². The highest BCUT2D eigenvalue weighted by molar-refractivity contribution is 5.80. The largest absolute Gasteiger partial charge is 0.469 e. The quantitative estimate of drug-likeness (QED) is 0.523. The molecule has 1 aromatic heterocycles. The van der Waals surface area contributed by atoms with E-state index in [-0.39, 0.29) is 0 Å². The van der Waals surface area contributed by atoms with Gasteiger partial charge in [-0.05, 0) is 37.5 Å². The van der Waals surface area contributed by atoms with Crippen LogP contribution in [0.5, 0.6) is 0 Å². The van der Waals surface area contributed by atoms with Crippen molar-refractivity contribution in [3.8, 4) is 0 Å². The summed E-state index contributed by atoms with van der Waals surface area (Å²) < 4.78 is 11.4. The lowest BCUT2D eigenvalue weighted by Crippen LogP contribution is -2.44. The molecule has 2 atom stereocenters. The molecule has 0 aliphatic carbocycles. The summed E-state index contributed by atoms with van der Waals surface area (Å²) in [6.45, 7) is 8.65. The molecular formula is C23H33N3O2. The number of rotatable bonds is 9. The van der Waals surface area contributed by atoms with Gasteiger partial charge in [0.05, 0.1) is 19.5 Å². The van der Waals surface area contributed by atoms with E-state index in [0.717, 1.165) is 57.2 Å². The first-order valence-corrected chi connectivity index (χ1v) is 10.4. The van der Waals surface area contributed by atoms with Crippen LogP contribution < -0.4 is 5.32 Å². The summed E-state index contributed by atoms with van der Waals surface area (Å²) in [7, 11) is 0. The molecule has 3 rings (SSSR count). The summed E-state index contributed by atoms with van der Waals surface area (Å²) in [6.07, 6.45) is 4.77. The molecule has 1 N–H and O–H groups in total. The average Bonchev–Trinajstić information content (AvgIpc) is 3.40. The molecule has 0 amide bonds. The molecule has 5 heteroatoms. The Hall–Kier alpha value is -2.27. The van der Waals surface area contributed by atoms with Gasteiger partial charge in [0.15, 0.2) is 5.96 Å². The van der Waals surface area contributed by atoms with Crippen molar-refractivity contribution >= 4 is 5.96 Å². The number of nitrogens with zero attached hydrogens (tertiary/aromatic N) is 2. The van der Waals surface area contributed by atoms with Crippen LogP contribution in [0.15, 0.2) is 58.1 Å². The van der Waals surface area contributed by atoms with Crippen LogP contribution in [-0.2, 0) is 17.8 Å². The predicted molar refractivity (Wildman–Crippen MR) is 113 cm³/mol. The third-order valence-electron chi connectivity index (χ3n) is 5.24. The summed E-state index contributed by atoms with van der Waals surface area (Å²) in [5.74, 6) is 2.56. The molecule has 2 heterocycles. The Labute approximate surface area is 168 Å². The van der Waals surface area contributed by atoms with Gasteiger partial charge >= 0.3 is 0 Å². The lowest BCUT2D eigenvalue weighted by molar-refractivity contribution is 0.0906. The maximum atomic E-state index is 5.96. The molecule has 1 aliphatic heterocycles. The van der Waals surface area contributed by atoms with Crippen molar-refractivity contribution in [2.45, 2.75) is 45.8 Å². The lowest BCUT2D eigenvalue weighted by Gasteiger charge is -2.25. The number of nitrogens with one attached hydrogen (secondary N) is 1. The highest BCUT2D eigenvalue weighted by atomic mass is 16.5. The Morgan fingerprint density at radius 2 is 2.14 bits per heavy atom. The molecule has 0 bridgehead atoms. The second kappa shape index (κ2) is 10.9. The van der Waals surface area contributed by atoms with Gasteiger partial charge in [-0.3, -0.25) is 4.99 Å². The van der Waals surface area contributed by atoms with Gasteiger partial charge in [-0.2, -0.15) is 0 Å². The summed E-state index contributed by atoms with van der Waals surface area (Å²) in [5, 5.41) is 3.60. The molecule has 1 fully saturated rings. The van der Waals surface area contributed by atoms with Crippen LogP contribution in [0.1, 0.15) is 38.0 Å². The van der Waals surface area contributed by atoms with Crippen molar-refractivity contribution in [1.82, 2.24) is 10.2 Å². The fourth-order valence-corrected chi connectivity index (χ4v) is 3.36. The van der Waals surface area contributed by atoms with E-state index in [0.29, 0.717) is 18.6 Å². The molecule has 0 saturated carbocycles. The van der Waals surface area contributed by atoms with E-state index in [1.54, 1.807) is 6.26 Å². The van der Waals surface area contributed by atoms with Gasteiger partial charge in [-0.15, -0.1) is 0 Å². The minimum Gasteiger partial charge on any atom is -0.469 e. The van der Waals surface area contributed by atoms with Crippen LogP contribution in [0.4, 0.5) is 0 Å². The van der Waals surface area contributed by atoms with Crippen molar-refractivity contribution in [3.05, 3.63) is 60.1 Å². The van der Waals surface area contributed by atoms with E-state index in [1.807, 2.05) is 18.2 Å². The average molecular weight is 384 g/mol. The number of guanidine groups is 1. The number of hydrogen-bond acceptors (Lipinski definition) is 3. The fraction of sp³-hybridized carbons (Fsp3) is 0.522. The molecule has 1 aliphatic rings. The Morgan fingerprint density at radius 3 is 2.89 bits per heavy atom. The zero-order valence-corrected chi connectivity index (χ0v) is 17.1. The van der Waals surface area contributed by atoms with Gasteiger partial charge in [0.2, 0.25) is 0 Å². The van der Waals surface area contributed by atoms with Crippen LogP contribution in [0.25, 0.3) is 0 Å². The first-order valence-electron chi connectivity index (χ1n) is 10.4. The van der Waals surface area contributed by atoms with Crippen LogP contribution in [-0.4, -0.2) is 43.1 Å². The summed E-state index contributed by atoms with van der Waals surface area (Å²) in [5.41, 5.74) is 1.23. The van der Waals surface area contributed by atoms with Crippen molar-refractivity contribution in [1.29, 1.82) is 0 Å². The van der Waals surface area contributed by atoms with Gasteiger partial charge in [-0.1, -0.05) is 37.3 Å². The maximum Gasteiger partial charge on any atom is 0.194 e. The SMILES string of the molecule is CCC(C)NC(=NCCc1ccco1)N1CCC(COCc2ccccc2)C1. The summed E-state index contributed by atoms with van der Waals surface area (Å²) in [4.78, 5) is 7.24. The highest BCUT2D eigenvalue weighted by Gasteiger charge is 2.25. The number of aliphatic imine (C=N–C) groups is 1. The van der Waals surface area contributed by atoms with Crippen LogP contribution in [0.3, 0.4) is 0 Å². The minimum atomic E-state index is 0.413. The molecule has 152 valence electrons. The van der Waals surface area contributed by atoms with E-state index >= 15 is 0 Å². The van der Waals surface area contributed by atoms with Crippen molar-refractivity contribution < 1.29 is 9.15 Å². The molecule has 0 radical (unpaired) electrons. The zero-order valence-electron chi connectivity index (χ0n) is 17.1. The van der Waals surface area contributed by atoms with Crippen LogP contribution in [0.2, 0.25) is 0 Å². The van der Waals surface area contributed by atoms with Crippen molar-refractivity contribution in [2.24, 2.45) is 10.9 Å². The second-order valence-electron chi connectivity index (χ2n) is 7.59. The number of furan rings is 1. The van der Waals surface area contributed by atoms with Gasteiger partial charge < -0.3 is 19.4 Å². The van der Waals surface area contributed by atoms with Crippen molar-refractivity contribution in [2.75, 3.05) is 26.2 Å². The molecule has 5 nitrogen and oxygen atoms in total. The Morgan fingerprint density at radius 1 is 1.29 bits per heavy atom. The normalized spacial score (nSPS) is 18.4. The maximum absolute atomic E-state index is 5.96. The van der Waals surface area contributed by atoms with E-state index in [4.69, 9.17) is 14.1 Å². The lowest BCUT2D eigenvalue weighted by atomic mass is 10.1. The third-order valence-corrected chi connectivity index (χ3v) is 5.24. The number of likely N-dealkylation sites (tertiary alicyclic amines) is 1. The third kappa shape index (κ3) is 6.41. The number of ether oxygens (including phenoxy) is 1. The van der Waals surface area contributed by atoms with Crippen LogP contribution in [0, 0.1) is 5.92 Å². The summed E-state index contributed by atoms with van der Waals surface area (Å²) in [6, 6.07) is 14.7. The van der Waals surface area contributed by atoms with Gasteiger partial charge in [0, 0.05) is 38.0 Å². The van der Waals surface area contributed by atoms with Crippen molar-refractivity contribution in [3.63, 3.8) is 0 Å². The minimum absolute atomic E-state index is 0.413. The first kappa shape index (κ1) is 20.5. The molecule has 2 unspecified atom stereocenters. The zero-order chi connectivity index (χ0) is 19.6. The Balaban J connectivity index is 1.48. The van der Waals surface area contributed by atoms with Gasteiger partial charge in [0.25, 0.3) is 0 Å². The van der Waals surface area contributed by atoms with E-state index in [2.05, 4.69) is 48.3 Å². The Kier molecular flexibility index (Phi) is 7.97. The smallest absolute Gasteiger partial charge is 0.194 e. The number of benzene rings is 1. The molecular weight excluding hydrogens is 350 g/mol. The standard InChI is InChI=1S/C23H33N3O2/c1-3-19(2)25-23(24-13-11-22-10-7-15-28-22)26-14-12-21(16-26)18-27-17-20-8-5-4-6-9-20/h4-10,15,19,21H,3,11-14,16-18H2,1-2H3,(H,24,25). The Bertz CT molecular complexity index is 700. The second-order valence-corrected chi connectivity index (χ2v) is 7.59. The molecule has 0 spiro atoms. The van der Waals surface area contributed by atoms with E-state index < -0.39 is 0 Å². The number of hydrogen-bond donors (Lipinski definition) is 1. The summed E-state index contributed by atoms with van der Waals surface area (Å²) >= 11 is 0. The molecule has 1 saturated heterocycles.